The maximum absolute atomic E-state index is 12.9. The lowest BCUT2D eigenvalue weighted by molar-refractivity contribution is 0.0755. The lowest BCUT2D eigenvalue weighted by Gasteiger charge is -2.09. The van der Waals surface area contributed by atoms with Crippen LogP contribution in [0.1, 0.15) is 21.7 Å². The van der Waals surface area contributed by atoms with Crippen LogP contribution in [0, 0.1) is 5.82 Å². The largest absolute Gasteiger partial charge is 0.390 e. The molecule has 0 bridgehead atoms. The molecule has 4 nitrogen and oxygen atoms in total. The van der Waals surface area contributed by atoms with E-state index in [2.05, 4.69) is 10.5 Å². The van der Waals surface area contributed by atoms with Crippen LogP contribution in [0.2, 0.25) is 5.02 Å². The highest BCUT2D eigenvalue weighted by atomic mass is 35.5. The molecule has 2 heterocycles. The van der Waals surface area contributed by atoms with Crippen LogP contribution in [-0.2, 0) is 11.3 Å². The number of thiophene rings is 1. The molecule has 1 atom stereocenters. The highest BCUT2D eigenvalue weighted by Gasteiger charge is 2.22. The molecule has 23 heavy (non-hydrogen) atoms. The SMILES string of the molecule is O=C(NC[C@H]1CC(Cc2ccc(F)cc2)=NO1)c1sccc1Cl. The third kappa shape index (κ3) is 4.09. The van der Waals surface area contributed by atoms with Gasteiger partial charge in [0.15, 0.2) is 0 Å². The summed E-state index contributed by atoms with van der Waals surface area (Å²) in [5.41, 5.74) is 1.86. The summed E-state index contributed by atoms with van der Waals surface area (Å²) in [5, 5.41) is 9.06. The van der Waals surface area contributed by atoms with Crippen molar-refractivity contribution in [3.63, 3.8) is 0 Å². The average molecular weight is 353 g/mol. The Morgan fingerprint density at radius 3 is 2.87 bits per heavy atom. The van der Waals surface area contributed by atoms with E-state index < -0.39 is 0 Å². The number of hydrogen-bond donors (Lipinski definition) is 1. The summed E-state index contributed by atoms with van der Waals surface area (Å²) in [4.78, 5) is 17.8. The van der Waals surface area contributed by atoms with E-state index in [-0.39, 0.29) is 17.8 Å². The Morgan fingerprint density at radius 1 is 1.39 bits per heavy atom. The van der Waals surface area contributed by atoms with E-state index in [1.807, 2.05) is 0 Å². The highest BCUT2D eigenvalue weighted by Crippen LogP contribution is 2.22. The minimum Gasteiger partial charge on any atom is -0.390 e. The zero-order valence-electron chi connectivity index (χ0n) is 12.1. The third-order valence-corrected chi connectivity index (χ3v) is 4.77. The number of hydrogen-bond acceptors (Lipinski definition) is 4. The quantitative estimate of drug-likeness (QED) is 0.892. The zero-order chi connectivity index (χ0) is 16.2. The average Bonchev–Trinajstić information content (AvgIpc) is 3.16. The molecular formula is C16H14ClFN2O2S. The van der Waals surface area contributed by atoms with Gasteiger partial charge in [-0.1, -0.05) is 28.9 Å². The number of carbonyl (C=O) groups is 1. The van der Waals surface area contributed by atoms with Crippen molar-refractivity contribution in [1.29, 1.82) is 0 Å². The third-order valence-electron chi connectivity index (χ3n) is 3.43. The van der Waals surface area contributed by atoms with E-state index in [0.29, 0.717) is 29.3 Å². The summed E-state index contributed by atoms with van der Waals surface area (Å²) < 4.78 is 12.9. The summed E-state index contributed by atoms with van der Waals surface area (Å²) in [5.74, 6) is -0.466. The van der Waals surface area contributed by atoms with Gasteiger partial charge in [0.1, 0.15) is 16.8 Å². The van der Waals surface area contributed by atoms with Crippen LogP contribution in [0.15, 0.2) is 40.9 Å². The Kier molecular flexibility index (Phi) is 4.93. The number of nitrogens with zero attached hydrogens (tertiary/aromatic N) is 1. The lowest BCUT2D eigenvalue weighted by atomic mass is 10.0. The summed E-state index contributed by atoms with van der Waals surface area (Å²) in [7, 11) is 0. The van der Waals surface area contributed by atoms with Crippen molar-refractivity contribution < 1.29 is 14.0 Å². The molecule has 0 radical (unpaired) electrons. The molecule has 1 amide bonds. The van der Waals surface area contributed by atoms with Gasteiger partial charge >= 0.3 is 0 Å². The Morgan fingerprint density at radius 2 is 2.17 bits per heavy atom. The molecule has 0 saturated carbocycles. The number of rotatable bonds is 5. The minimum atomic E-state index is -0.258. The molecule has 1 aromatic heterocycles. The molecule has 120 valence electrons. The number of nitrogens with one attached hydrogen (secondary N) is 1. The molecule has 1 N–H and O–H groups in total. The van der Waals surface area contributed by atoms with Crippen LogP contribution in [-0.4, -0.2) is 24.3 Å². The van der Waals surface area contributed by atoms with Crippen LogP contribution in [0.5, 0.6) is 0 Å². The Hall–Kier alpha value is -1.92. The van der Waals surface area contributed by atoms with Crippen molar-refractivity contribution in [2.45, 2.75) is 18.9 Å². The van der Waals surface area contributed by atoms with Gasteiger partial charge < -0.3 is 10.2 Å². The van der Waals surface area contributed by atoms with Crippen LogP contribution in [0.4, 0.5) is 4.39 Å². The molecule has 0 saturated heterocycles. The molecule has 0 aliphatic carbocycles. The molecule has 1 aromatic carbocycles. The smallest absolute Gasteiger partial charge is 0.263 e. The normalized spacial score (nSPS) is 16.8. The standard InChI is InChI=1S/C16H14ClFN2O2S/c17-14-5-6-23-15(14)16(21)19-9-13-8-12(20-22-13)7-10-1-3-11(18)4-2-10/h1-6,13H,7-9H2,(H,19,21)/t13-/m1/s1. The van der Waals surface area contributed by atoms with E-state index in [1.165, 1.54) is 23.5 Å². The molecular weight excluding hydrogens is 339 g/mol. The molecule has 3 rings (SSSR count). The number of halogens is 2. The molecule has 1 aliphatic heterocycles. The second kappa shape index (κ2) is 7.10. The van der Waals surface area contributed by atoms with E-state index in [0.717, 1.165) is 11.3 Å². The van der Waals surface area contributed by atoms with Gasteiger partial charge in [-0.25, -0.2) is 4.39 Å². The topological polar surface area (TPSA) is 50.7 Å². The van der Waals surface area contributed by atoms with Gasteiger partial charge in [-0.2, -0.15) is 0 Å². The van der Waals surface area contributed by atoms with E-state index in [9.17, 15) is 9.18 Å². The Bertz CT molecular complexity index is 730. The van der Waals surface area contributed by atoms with Crippen molar-refractivity contribution in [1.82, 2.24) is 5.32 Å². The fraction of sp³-hybridized carbons (Fsp3) is 0.250. The van der Waals surface area contributed by atoms with Crippen molar-refractivity contribution in [3.05, 3.63) is 57.0 Å². The van der Waals surface area contributed by atoms with Gasteiger partial charge in [-0.3, -0.25) is 4.79 Å². The molecule has 0 spiro atoms. The fourth-order valence-electron chi connectivity index (χ4n) is 2.28. The van der Waals surface area contributed by atoms with E-state index in [4.69, 9.17) is 16.4 Å². The first-order valence-corrected chi connectivity index (χ1v) is 8.35. The maximum atomic E-state index is 12.9. The molecule has 0 unspecified atom stereocenters. The molecule has 0 fully saturated rings. The zero-order valence-corrected chi connectivity index (χ0v) is 13.7. The Balaban J connectivity index is 1.47. The van der Waals surface area contributed by atoms with Gasteiger partial charge in [0.2, 0.25) is 0 Å². The van der Waals surface area contributed by atoms with Crippen molar-refractivity contribution in [2.24, 2.45) is 5.16 Å². The van der Waals surface area contributed by atoms with Crippen LogP contribution in [0.3, 0.4) is 0 Å². The van der Waals surface area contributed by atoms with Gasteiger partial charge in [-0.15, -0.1) is 11.3 Å². The highest BCUT2D eigenvalue weighted by molar-refractivity contribution is 7.12. The van der Waals surface area contributed by atoms with Crippen molar-refractivity contribution in [3.8, 4) is 0 Å². The summed E-state index contributed by atoms with van der Waals surface area (Å²) in [6, 6.07) is 8.00. The van der Waals surface area contributed by atoms with Crippen molar-refractivity contribution >= 4 is 34.6 Å². The lowest BCUT2D eigenvalue weighted by Crippen LogP contribution is -2.32. The van der Waals surface area contributed by atoms with Crippen LogP contribution < -0.4 is 5.32 Å². The second-order valence-corrected chi connectivity index (χ2v) is 6.52. The predicted molar refractivity (Wildman–Crippen MR) is 88.7 cm³/mol. The molecule has 2 aromatic rings. The second-order valence-electron chi connectivity index (χ2n) is 5.20. The first-order chi connectivity index (χ1) is 11.1. The maximum Gasteiger partial charge on any atom is 0.263 e. The Labute approximate surface area is 141 Å². The van der Waals surface area contributed by atoms with Gasteiger partial charge in [0.25, 0.3) is 5.91 Å². The fourth-order valence-corrected chi connectivity index (χ4v) is 3.34. The number of benzene rings is 1. The van der Waals surface area contributed by atoms with E-state index in [1.54, 1.807) is 23.6 Å². The van der Waals surface area contributed by atoms with Crippen molar-refractivity contribution in [2.75, 3.05) is 6.54 Å². The number of oxime groups is 1. The monoisotopic (exact) mass is 352 g/mol. The minimum absolute atomic E-state index is 0.187. The van der Waals surface area contributed by atoms with E-state index >= 15 is 0 Å². The summed E-state index contributed by atoms with van der Waals surface area (Å²) in [6.45, 7) is 0.365. The van der Waals surface area contributed by atoms with Gasteiger partial charge in [0, 0.05) is 12.8 Å². The molecule has 1 aliphatic rings. The molecule has 7 heteroatoms. The number of amides is 1. The first-order valence-electron chi connectivity index (χ1n) is 7.09. The first kappa shape index (κ1) is 16.0. The van der Waals surface area contributed by atoms with Gasteiger partial charge in [-0.05, 0) is 29.1 Å². The summed E-state index contributed by atoms with van der Waals surface area (Å²) >= 11 is 7.22. The predicted octanol–water partition coefficient (Wildman–Crippen LogP) is 3.66. The number of carbonyl (C=O) groups excluding carboxylic acids is 1. The van der Waals surface area contributed by atoms with Crippen LogP contribution >= 0.6 is 22.9 Å². The van der Waals surface area contributed by atoms with Crippen LogP contribution in [0.25, 0.3) is 0 Å². The summed E-state index contributed by atoms with van der Waals surface area (Å²) in [6.07, 6.45) is 1.06. The van der Waals surface area contributed by atoms with Gasteiger partial charge in [0.05, 0.1) is 17.3 Å².